The van der Waals surface area contributed by atoms with Gasteiger partial charge in [-0.3, -0.25) is 4.79 Å². The average molecular weight is 313 g/mol. The Hall–Kier alpha value is -2.36. The summed E-state index contributed by atoms with van der Waals surface area (Å²) in [5, 5.41) is 3.00. The normalized spacial score (nSPS) is 15.1. The lowest BCUT2D eigenvalue weighted by Gasteiger charge is -2.17. The molecule has 1 fully saturated rings. The van der Waals surface area contributed by atoms with E-state index in [2.05, 4.69) is 5.32 Å². The van der Waals surface area contributed by atoms with Crippen molar-refractivity contribution in [3.63, 3.8) is 0 Å². The smallest absolute Gasteiger partial charge is 0.255 e. The molecule has 0 bridgehead atoms. The molecule has 23 heavy (non-hydrogen) atoms. The number of aryl methyl sites for hydroxylation is 1. The van der Waals surface area contributed by atoms with Gasteiger partial charge in [0.25, 0.3) is 5.91 Å². The van der Waals surface area contributed by atoms with E-state index in [9.17, 15) is 9.18 Å². The number of carbonyl (C=O) groups excluding carboxylic acids is 1. The summed E-state index contributed by atoms with van der Waals surface area (Å²) in [7, 11) is 1.56. The van der Waals surface area contributed by atoms with Gasteiger partial charge in [0.2, 0.25) is 0 Å². The van der Waals surface area contributed by atoms with Crippen molar-refractivity contribution in [2.24, 2.45) is 0 Å². The molecule has 2 aromatic carbocycles. The molecule has 1 amide bonds. The third kappa shape index (κ3) is 3.21. The number of methoxy groups -OCH3 is 1. The SMILES string of the molecule is COc1ccc(C)cc1C(=O)NCC1(c2ccc(F)cc2)CC1. The highest BCUT2D eigenvalue weighted by atomic mass is 19.1. The van der Waals surface area contributed by atoms with Gasteiger partial charge >= 0.3 is 0 Å². The maximum absolute atomic E-state index is 13.1. The van der Waals surface area contributed by atoms with Gasteiger partial charge < -0.3 is 10.1 Å². The fourth-order valence-electron chi connectivity index (χ4n) is 2.87. The van der Waals surface area contributed by atoms with Crippen LogP contribution < -0.4 is 10.1 Å². The van der Waals surface area contributed by atoms with E-state index in [-0.39, 0.29) is 17.1 Å². The van der Waals surface area contributed by atoms with Crippen molar-refractivity contribution >= 4 is 5.91 Å². The Bertz CT molecular complexity index is 721. The topological polar surface area (TPSA) is 38.3 Å². The molecule has 3 rings (SSSR count). The molecule has 4 heteroatoms. The van der Waals surface area contributed by atoms with Crippen molar-refractivity contribution in [2.45, 2.75) is 25.2 Å². The van der Waals surface area contributed by atoms with Crippen molar-refractivity contribution in [1.82, 2.24) is 5.32 Å². The zero-order valence-corrected chi connectivity index (χ0v) is 13.4. The molecule has 0 heterocycles. The third-order valence-electron chi connectivity index (χ3n) is 4.50. The molecule has 0 aromatic heterocycles. The zero-order valence-electron chi connectivity index (χ0n) is 13.4. The molecule has 0 saturated heterocycles. The molecule has 1 aliphatic rings. The van der Waals surface area contributed by atoms with Gasteiger partial charge in [-0.1, -0.05) is 23.8 Å². The first-order chi connectivity index (χ1) is 11.0. The number of carbonyl (C=O) groups is 1. The van der Waals surface area contributed by atoms with Gasteiger partial charge in [-0.25, -0.2) is 4.39 Å². The summed E-state index contributed by atoms with van der Waals surface area (Å²) < 4.78 is 18.3. The summed E-state index contributed by atoms with van der Waals surface area (Å²) in [6, 6.07) is 12.1. The monoisotopic (exact) mass is 313 g/mol. The number of amides is 1. The third-order valence-corrected chi connectivity index (χ3v) is 4.50. The van der Waals surface area contributed by atoms with Crippen molar-refractivity contribution in [3.05, 3.63) is 65.0 Å². The predicted molar refractivity (Wildman–Crippen MR) is 87.4 cm³/mol. The molecule has 0 radical (unpaired) electrons. The summed E-state index contributed by atoms with van der Waals surface area (Å²) in [6.45, 7) is 2.49. The molecule has 0 atom stereocenters. The lowest BCUT2D eigenvalue weighted by Crippen LogP contribution is -2.32. The Morgan fingerprint density at radius 1 is 1.22 bits per heavy atom. The highest BCUT2D eigenvalue weighted by molar-refractivity contribution is 5.97. The Kier molecular flexibility index (Phi) is 4.07. The Balaban J connectivity index is 1.72. The van der Waals surface area contributed by atoms with Crippen molar-refractivity contribution in [1.29, 1.82) is 0 Å². The molecule has 3 nitrogen and oxygen atoms in total. The van der Waals surface area contributed by atoms with Gasteiger partial charge in [0.15, 0.2) is 0 Å². The molecular formula is C19H20FNO2. The molecule has 0 aliphatic heterocycles. The molecular weight excluding hydrogens is 293 g/mol. The largest absolute Gasteiger partial charge is 0.496 e. The minimum Gasteiger partial charge on any atom is -0.496 e. The minimum atomic E-state index is -0.238. The van der Waals surface area contributed by atoms with Crippen LogP contribution >= 0.6 is 0 Å². The van der Waals surface area contributed by atoms with Crippen LogP contribution in [0.15, 0.2) is 42.5 Å². The second-order valence-corrected chi connectivity index (χ2v) is 6.17. The first kappa shape index (κ1) is 15.5. The number of nitrogens with one attached hydrogen (secondary N) is 1. The Morgan fingerprint density at radius 2 is 1.91 bits per heavy atom. The van der Waals surface area contributed by atoms with Crippen LogP contribution in [0.2, 0.25) is 0 Å². The van der Waals surface area contributed by atoms with Gasteiger partial charge in [0, 0.05) is 12.0 Å². The second-order valence-electron chi connectivity index (χ2n) is 6.17. The van der Waals surface area contributed by atoms with Gasteiger partial charge in [-0.2, -0.15) is 0 Å². The van der Waals surface area contributed by atoms with Crippen molar-refractivity contribution in [3.8, 4) is 5.75 Å². The fourth-order valence-corrected chi connectivity index (χ4v) is 2.87. The number of benzene rings is 2. The maximum Gasteiger partial charge on any atom is 0.255 e. The molecule has 1 saturated carbocycles. The summed E-state index contributed by atoms with van der Waals surface area (Å²) >= 11 is 0. The number of rotatable bonds is 5. The van der Waals surface area contributed by atoms with Gasteiger partial charge in [-0.15, -0.1) is 0 Å². The summed E-state index contributed by atoms with van der Waals surface area (Å²) in [4.78, 5) is 12.5. The standard InChI is InChI=1S/C19H20FNO2/c1-13-3-8-17(23-2)16(11-13)18(22)21-12-19(9-10-19)14-4-6-15(20)7-5-14/h3-8,11H,9-10,12H2,1-2H3,(H,21,22). The van der Waals surface area contributed by atoms with Crippen LogP contribution in [-0.4, -0.2) is 19.6 Å². The van der Waals surface area contributed by atoms with Crippen LogP contribution in [0, 0.1) is 12.7 Å². The Labute approximate surface area is 135 Å². The Morgan fingerprint density at radius 3 is 2.52 bits per heavy atom. The molecule has 0 unspecified atom stereocenters. The zero-order chi connectivity index (χ0) is 16.4. The molecule has 1 aliphatic carbocycles. The van der Waals surface area contributed by atoms with Gasteiger partial charge in [-0.05, 0) is 49.6 Å². The van der Waals surface area contributed by atoms with Crippen LogP contribution in [0.25, 0.3) is 0 Å². The maximum atomic E-state index is 13.1. The molecule has 2 aromatic rings. The highest BCUT2D eigenvalue weighted by Gasteiger charge is 2.44. The number of halogens is 1. The van der Waals surface area contributed by atoms with Gasteiger partial charge in [0.05, 0.1) is 12.7 Å². The average Bonchev–Trinajstić information content (AvgIpc) is 3.34. The predicted octanol–water partition coefficient (Wildman–Crippen LogP) is 3.60. The van der Waals surface area contributed by atoms with Crippen molar-refractivity contribution in [2.75, 3.05) is 13.7 Å². The lowest BCUT2D eigenvalue weighted by molar-refractivity contribution is 0.0946. The van der Waals surface area contributed by atoms with Gasteiger partial charge in [0.1, 0.15) is 11.6 Å². The van der Waals surface area contributed by atoms with Crippen LogP contribution in [-0.2, 0) is 5.41 Å². The minimum absolute atomic E-state index is 0.0551. The summed E-state index contributed by atoms with van der Waals surface area (Å²) in [6.07, 6.45) is 2.01. The first-order valence-corrected chi connectivity index (χ1v) is 7.73. The van der Waals surface area contributed by atoms with E-state index in [1.54, 1.807) is 13.2 Å². The van der Waals surface area contributed by atoms with E-state index in [0.29, 0.717) is 17.9 Å². The van der Waals surface area contributed by atoms with Crippen LogP contribution in [0.5, 0.6) is 5.75 Å². The number of hydrogen-bond donors (Lipinski definition) is 1. The summed E-state index contributed by atoms with van der Waals surface area (Å²) in [5.74, 6) is 0.191. The fraction of sp³-hybridized carbons (Fsp3) is 0.316. The van der Waals surface area contributed by atoms with Crippen molar-refractivity contribution < 1.29 is 13.9 Å². The van der Waals surface area contributed by atoms with Crippen LogP contribution in [0.4, 0.5) is 4.39 Å². The molecule has 1 N–H and O–H groups in total. The van der Waals surface area contributed by atoms with E-state index >= 15 is 0 Å². The van der Waals surface area contributed by atoms with E-state index in [4.69, 9.17) is 4.74 Å². The van der Waals surface area contributed by atoms with E-state index < -0.39 is 0 Å². The van der Waals surface area contributed by atoms with Crippen LogP contribution in [0.3, 0.4) is 0 Å². The van der Waals surface area contributed by atoms with Crippen LogP contribution in [0.1, 0.15) is 34.3 Å². The summed E-state index contributed by atoms with van der Waals surface area (Å²) in [5.41, 5.74) is 2.58. The number of hydrogen-bond acceptors (Lipinski definition) is 2. The molecule has 120 valence electrons. The molecule has 0 spiro atoms. The lowest BCUT2D eigenvalue weighted by atomic mass is 9.95. The highest BCUT2D eigenvalue weighted by Crippen LogP contribution is 2.47. The second kappa shape index (κ2) is 6.03. The number of ether oxygens (including phenoxy) is 1. The van der Waals surface area contributed by atoms with E-state index in [1.165, 1.54) is 12.1 Å². The quantitative estimate of drug-likeness (QED) is 0.916. The van der Waals surface area contributed by atoms with E-state index in [1.807, 2.05) is 31.2 Å². The first-order valence-electron chi connectivity index (χ1n) is 7.73. The van der Waals surface area contributed by atoms with E-state index in [0.717, 1.165) is 24.0 Å².